The Morgan fingerprint density at radius 2 is 1.96 bits per heavy atom. The van der Waals surface area contributed by atoms with Gasteiger partial charge in [-0.25, -0.2) is 4.98 Å². The first-order valence-electron chi connectivity index (χ1n) is 8.10. The van der Waals surface area contributed by atoms with Gasteiger partial charge in [0.25, 0.3) is 0 Å². The molecule has 1 aromatic carbocycles. The number of pyridine rings is 1. The monoisotopic (exact) mass is 365 g/mol. The Morgan fingerprint density at radius 1 is 1.21 bits per heavy atom. The van der Waals surface area contributed by atoms with Crippen molar-refractivity contribution in [1.29, 1.82) is 0 Å². The molecule has 0 radical (unpaired) electrons. The fraction of sp³-hybridized carbons (Fsp3) is 0.389. The van der Waals surface area contributed by atoms with Crippen molar-refractivity contribution in [2.24, 2.45) is 5.92 Å². The van der Waals surface area contributed by atoms with E-state index in [1.807, 2.05) is 24.3 Å². The van der Waals surface area contributed by atoms with Gasteiger partial charge in [0, 0.05) is 17.8 Å². The minimum Gasteiger partial charge on any atom is -0.496 e. The molecule has 1 atom stereocenters. The zero-order valence-electron chi connectivity index (χ0n) is 13.6. The van der Waals surface area contributed by atoms with E-state index in [0.29, 0.717) is 16.0 Å². The van der Waals surface area contributed by atoms with Gasteiger partial charge in [-0.3, -0.25) is 0 Å². The van der Waals surface area contributed by atoms with E-state index in [9.17, 15) is 0 Å². The molecule has 3 rings (SSSR count). The Morgan fingerprint density at radius 3 is 2.62 bits per heavy atom. The molecule has 2 heterocycles. The zero-order valence-corrected chi connectivity index (χ0v) is 15.1. The van der Waals surface area contributed by atoms with Crippen LogP contribution in [0.25, 0.3) is 0 Å². The second-order valence-electron chi connectivity index (χ2n) is 5.93. The number of anilines is 1. The first-order chi connectivity index (χ1) is 11.7. The molecule has 6 heteroatoms. The highest BCUT2D eigenvalue weighted by Gasteiger charge is 2.28. The molecule has 1 fully saturated rings. The molecule has 4 nitrogen and oxygen atoms in total. The van der Waals surface area contributed by atoms with Gasteiger partial charge in [0.2, 0.25) is 0 Å². The first-order valence-corrected chi connectivity index (χ1v) is 8.86. The molecule has 2 N–H and O–H groups in total. The lowest BCUT2D eigenvalue weighted by atomic mass is 9.85. The van der Waals surface area contributed by atoms with E-state index < -0.39 is 0 Å². The van der Waals surface area contributed by atoms with Gasteiger partial charge in [-0.05, 0) is 50.0 Å². The van der Waals surface area contributed by atoms with E-state index in [4.69, 9.17) is 27.9 Å². The molecule has 1 aromatic heterocycles. The van der Waals surface area contributed by atoms with Crippen molar-refractivity contribution in [3.8, 4) is 5.75 Å². The highest BCUT2D eigenvalue weighted by molar-refractivity contribution is 6.42. The first kappa shape index (κ1) is 17.3. The summed E-state index contributed by atoms with van der Waals surface area (Å²) in [5.74, 6) is 2.05. The fourth-order valence-electron chi connectivity index (χ4n) is 3.20. The lowest BCUT2D eigenvalue weighted by Gasteiger charge is -2.33. The summed E-state index contributed by atoms with van der Waals surface area (Å²) in [5, 5.41) is 8.01. The van der Waals surface area contributed by atoms with E-state index in [2.05, 4.69) is 15.6 Å². The Kier molecular flexibility index (Phi) is 5.82. The summed E-state index contributed by atoms with van der Waals surface area (Å²) in [5.41, 5.74) is 1.02. The highest BCUT2D eigenvalue weighted by Crippen LogP contribution is 2.40. The van der Waals surface area contributed by atoms with Crippen LogP contribution in [0.5, 0.6) is 5.75 Å². The van der Waals surface area contributed by atoms with Crippen LogP contribution in [-0.2, 0) is 0 Å². The zero-order chi connectivity index (χ0) is 16.9. The van der Waals surface area contributed by atoms with E-state index in [-0.39, 0.29) is 6.04 Å². The van der Waals surface area contributed by atoms with Crippen LogP contribution in [0.1, 0.15) is 24.4 Å². The third-order valence-electron chi connectivity index (χ3n) is 4.43. The van der Waals surface area contributed by atoms with Gasteiger partial charge in [0.05, 0.1) is 23.2 Å². The summed E-state index contributed by atoms with van der Waals surface area (Å²) in [4.78, 5) is 4.41. The average molecular weight is 366 g/mol. The van der Waals surface area contributed by atoms with Gasteiger partial charge in [-0.1, -0.05) is 29.3 Å². The van der Waals surface area contributed by atoms with Crippen molar-refractivity contribution in [1.82, 2.24) is 10.3 Å². The Bertz CT molecular complexity index is 675. The van der Waals surface area contributed by atoms with Crippen molar-refractivity contribution in [3.63, 3.8) is 0 Å². The maximum Gasteiger partial charge on any atom is 0.126 e. The lowest BCUT2D eigenvalue weighted by Crippen LogP contribution is -2.33. The van der Waals surface area contributed by atoms with Crippen LogP contribution >= 0.6 is 23.2 Å². The SMILES string of the molecule is COc1cc(Cl)c(Cl)cc1C(Nc1ccccn1)C1CCNCC1. The largest absolute Gasteiger partial charge is 0.496 e. The lowest BCUT2D eigenvalue weighted by molar-refractivity contribution is 0.326. The van der Waals surface area contributed by atoms with E-state index in [1.165, 1.54) is 0 Å². The number of aromatic nitrogens is 1. The minimum atomic E-state index is 0.0618. The number of hydrogen-bond acceptors (Lipinski definition) is 4. The number of benzene rings is 1. The molecule has 0 spiro atoms. The predicted molar refractivity (Wildman–Crippen MR) is 99.2 cm³/mol. The maximum atomic E-state index is 6.29. The number of nitrogens with one attached hydrogen (secondary N) is 2. The van der Waals surface area contributed by atoms with Gasteiger partial charge in [-0.15, -0.1) is 0 Å². The normalized spacial score (nSPS) is 16.6. The minimum absolute atomic E-state index is 0.0618. The summed E-state index contributed by atoms with van der Waals surface area (Å²) >= 11 is 12.4. The predicted octanol–water partition coefficient (Wildman–Crippen LogP) is 4.55. The summed E-state index contributed by atoms with van der Waals surface area (Å²) < 4.78 is 5.57. The number of piperidine rings is 1. The molecule has 0 amide bonds. The molecule has 128 valence electrons. The molecule has 1 unspecified atom stereocenters. The number of nitrogens with zero attached hydrogens (tertiary/aromatic N) is 1. The van der Waals surface area contributed by atoms with Crippen molar-refractivity contribution in [3.05, 3.63) is 52.1 Å². The van der Waals surface area contributed by atoms with Crippen LogP contribution in [0.15, 0.2) is 36.5 Å². The van der Waals surface area contributed by atoms with Gasteiger partial charge < -0.3 is 15.4 Å². The summed E-state index contributed by atoms with van der Waals surface area (Å²) in [7, 11) is 1.66. The third kappa shape index (κ3) is 3.94. The Balaban J connectivity index is 1.98. The quantitative estimate of drug-likeness (QED) is 0.815. The number of ether oxygens (including phenoxy) is 1. The molecule has 1 aliphatic rings. The maximum absolute atomic E-state index is 6.29. The van der Waals surface area contributed by atoms with E-state index in [0.717, 1.165) is 43.1 Å². The Labute approximate surface area is 152 Å². The molecular weight excluding hydrogens is 345 g/mol. The molecule has 1 saturated heterocycles. The second-order valence-corrected chi connectivity index (χ2v) is 6.75. The molecule has 0 bridgehead atoms. The van der Waals surface area contributed by atoms with Crippen molar-refractivity contribution in [2.45, 2.75) is 18.9 Å². The molecule has 0 saturated carbocycles. The molecular formula is C18H21Cl2N3O. The third-order valence-corrected chi connectivity index (χ3v) is 5.15. The van der Waals surface area contributed by atoms with Crippen molar-refractivity contribution >= 4 is 29.0 Å². The number of hydrogen-bond donors (Lipinski definition) is 2. The van der Waals surface area contributed by atoms with Crippen molar-refractivity contribution in [2.75, 3.05) is 25.5 Å². The number of rotatable bonds is 5. The van der Waals surface area contributed by atoms with Gasteiger partial charge in [0.1, 0.15) is 11.6 Å². The van der Waals surface area contributed by atoms with Crippen LogP contribution in [0.2, 0.25) is 10.0 Å². The average Bonchev–Trinajstić information content (AvgIpc) is 2.63. The molecule has 1 aliphatic heterocycles. The summed E-state index contributed by atoms with van der Waals surface area (Å²) in [6.07, 6.45) is 3.94. The van der Waals surface area contributed by atoms with Crippen LogP contribution in [0.3, 0.4) is 0 Å². The van der Waals surface area contributed by atoms with Crippen LogP contribution in [0, 0.1) is 5.92 Å². The standard InChI is InChI=1S/C18H21Cl2N3O/c1-24-16-11-15(20)14(19)10-13(16)18(12-5-8-21-9-6-12)23-17-4-2-3-7-22-17/h2-4,7,10-12,18,21H,5-6,8-9H2,1H3,(H,22,23). The Hall–Kier alpha value is -1.49. The second kappa shape index (κ2) is 8.06. The highest BCUT2D eigenvalue weighted by atomic mass is 35.5. The number of methoxy groups -OCH3 is 1. The van der Waals surface area contributed by atoms with Crippen LogP contribution in [-0.4, -0.2) is 25.2 Å². The van der Waals surface area contributed by atoms with Gasteiger partial charge >= 0.3 is 0 Å². The van der Waals surface area contributed by atoms with Gasteiger partial charge in [0.15, 0.2) is 0 Å². The fourth-order valence-corrected chi connectivity index (χ4v) is 3.52. The molecule has 0 aliphatic carbocycles. The van der Waals surface area contributed by atoms with Gasteiger partial charge in [-0.2, -0.15) is 0 Å². The number of halogens is 2. The van der Waals surface area contributed by atoms with Crippen molar-refractivity contribution < 1.29 is 4.74 Å². The smallest absolute Gasteiger partial charge is 0.126 e. The van der Waals surface area contributed by atoms with E-state index >= 15 is 0 Å². The molecule has 24 heavy (non-hydrogen) atoms. The van der Waals surface area contributed by atoms with E-state index in [1.54, 1.807) is 19.4 Å². The van der Waals surface area contributed by atoms with Crippen LogP contribution in [0.4, 0.5) is 5.82 Å². The summed E-state index contributed by atoms with van der Waals surface area (Å²) in [6, 6.07) is 9.61. The van der Waals surface area contributed by atoms with Crippen LogP contribution < -0.4 is 15.4 Å². The molecule has 2 aromatic rings. The topological polar surface area (TPSA) is 46.2 Å². The summed E-state index contributed by atoms with van der Waals surface area (Å²) in [6.45, 7) is 2.02.